The Morgan fingerprint density at radius 3 is 2.60 bits per heavy atom. The SMILES string of the molecule is CCC1CCC(CNCC(C)C)C(CCCCOC)C1. The van der Waals surface area contributed by atoms with Crippen LogP contribution in [-0.2, 0) is 4.74 Å². The third-order valence-corrected chi connectivity index (χ3v) is 4.96. The van der Waals surface area contributed by atoms with E-state index in [1.54, 1.807) is 0 Å². The first-order chi connectivity index (χ1) is 9.67. The molecule has 0 aromatic heterocycles. The average molecular weight is 284 g/mol. The lowest BCUT2D eigenvalue weighted by atomic mass is 9.71. The predicted octanol–water partition coefficient (Wildman–Crippen LogP) is 4.49. The van der Waals surface area contributed by atoms with E-state index in [4.69, 9.17) is 4.74 Å². The van der Waals surface area contributed by atoms with Crippen LogP contribution in [0.15, 0.2) is 0 Å². The Labute approximate surface area is 127 Å². The topological polar surface area (TPSA) is 21.3 Å². The van der Waals surface area contributed by atoms with E-state index >= 15 is 0 Å². The molecule has 0 radical (unpaired) electrons. The van der Waals surface area contributed by atoms with E-state index in [1.165, 1.54) is 58.0 Å². The van der Waals surface area contributed by atoms with Crippen molar-refractivity contribution in [1.29, 1.82) is 0 Å². The van der Waals surface area contributed by atoms with Crippen molar-refractivity contribution in [3.05, 3.63) is 0 Å². The third kappa shape index (κ3) is 7.08. The monoisotopic (exact) mass is 283 g/mol. The lowest BCUT2D eigenvalue weighted by Gasteiger charge is -2.36. The van der Waals surface area contributed by atoms with Crippen LogP contribution in [0.5, 0.6) is 0 Å². The highest BCUT2D eigenvalue weighted by molar-refractivity contribution is 4.81. The lowest BCUT2D eigenvalue weighted by Crippen LogP contribution is -2.34. The van der Waals surface area contributed by atoms with Crippen LogP contribution in [0.25, 0.3) is 0 Å². The van der Waals surface area contributed by atoms with Crippen molar-refractivity contribution < 1.29 is 4.74 Å². The Kier molecular flexibility index (Phi) is 9.54. The van der Waals surface area contributed by atoms with Crippen LogP contribution in [0.1, 0.15) is 65.7 Å². The van der Waals surface area contributed by atoms with E-state index < -0.39 is 0 Å². The van der Waals surface area contributed by atoms with Gasteiger partial charge in [0.15, 0.2) is 0 Å². The maximum atomic E-state index is 5.18. The Hall–Kier alpha value is -0.0800. The third-order valence-electron chi connectivity index (χ3n) is 4.96. The minimum Gasteiger partial charge on any atom is -0.385 e. The second-order valence-corrected chi connectivity index (χ2v) is 7.15. The fourth-order valence-electron chi connectivity index (χ4n) is 3.63. The maximum absolute atomic E-state index is 5.18. The number of nitrogens with one attached hydrogen (secondary N) is 1. The van der Waals surface area contributed by atoms with E-state index in [-0.39, 0.29) is 0 Å². The highest BCUT2D eigenvalue weighted by atomic mass is 16.5. The number of unbranched alkanes of at least 4 members (excludes halogenated alkanes) is 1. The highest BCUT2D eigenvalue weighted by Crippen LogP contribution is 2.37. The molecule has 0 aliphatic heterocycles. The number of rotatable bonds is 10. The molecule has 3 atom stereocenters. The normalized spacial score (nSPS) is 27.1. The van der Waals surface area contributed by atoms with Crippen molar-refractivity contribution in [3.8, 4) is 0 Å². The highest BCUT2D eigenvalue weighted by Gasteiger charge is 2.28. The quantitative estimate of drug-likeness (QED) is 0.596. The van der Waals surface area contributed by atoms with Crippen molar-refractivity contribution in [2.45, 2.75) is 65.7 Å². The molecule has 1 fully saturated rings. The Balaban J connectivity index is 2.34. The van der Waals surface area contributed by atoms with Crippen molar-refractivity contribution in [1.82, 2.24) is 5.32 Å². The van der Waals surface area contributed by atoms with E-state index in [0.29, 0.717) is 0 Å². The second kappa shape index (κ2) is 10.6. The second-order valence-electron chi connectivity index (χ2n) is 7.15. The smallest absolute Gasteiger partial charge is 0.0462 e. The summed E-state index contributed by atoms with van der Waals surface area (Å²) in [6.45, 7) is 10.3. The summed E-state index contributed by atoms with van der Waals surface area (Å²) in [7, 11) is 1.81. The summed E-state index contributed by atoms with van der Waals surface area (Å²) >= 11 is 0. The first kappa shape index (κ1) is 18.0. The van der Waals surface area contributed by atoms with Gasteiger partial charge in [-0.2, -0.15) is 0 Å². The summed E-state index contributed by atoms with van der Waals surface area (Å²) in [4.78, 5) is 0. The van der Waals surface area contributed by atoms with Gasteiger partial charge in [-0.3, -0.25) is 0 Å². The molecule has 1 N–H and O–H groups in total. The molecule has 0 saturated heterocycles. The Morgan fingerprint density at radius 1 is 1.15 bits per heavy atom. The molecule has 0 bridgehead atoms. The summed E-state index contributed by atoms with van der Waals surface area (Å²) < 4.78 is 5.18. The van der Waals surface area contributed by atoms with E-state index in [0.717, 1.165) is 30.3 Å². The van der Waals surface area contributed by atoms with Crippen LogP contribution in [0.3, 0.4) is 0 Å². The zero-order valence-electron chi connectivity index (χ0n) is 14.3. The first-order valence-corrected chi connectivity index (χ1v) is 8.87. The summed E-state index contributed by atoms with van der Waals surface area (Å²) in [5.74, 6) is 3.62. The molecule has 0 aromatic rings. The minimum absolute atomic E-state index is 0.766. The molecule has 120 valence electrons. The zero-order valence-corrected chi connectivity index (χ0v) is 14.3. The van der Waals surface area contributed by atoms with Gasteiger partial charge in [0.1, 0.15) is 0 Å². The Bertz CT molecular complexity index is 229. The maximum Gasteiger partial charge on any atom is 0.0462 e. The average Bonchev–Trinajstić information content (AvgIpc) is 2.44. The number of methoxy groups -OCH3 is 1. The minimum atomic E-state index is 0.766. The number of hydrogen-bond acceptors (Lipinski definition) is 2. The van der Waals surface area contributed by atoms with Gasteiger partial charge in [0.25, 0.3) is 0 Å². The van der Waals surface area contributed by atoms with Crippen LogP contribution in [0.2, 0.25) is 0 Å². The van der Waals surface area contributed by atoms with Crippen molar-refractivity contribution >= 4 is 0 Å². The molecule has 2 heteroatoms. The lowest BCUT2D eigenvalue weighted by molar-refractivity contribution is 0.149. The van der Waals surface area contributed by atoms with Crippen molar-refractivity contribution in [3.63, 3.8) is 0 Å². The van der Waals surface area contributed by atoms with Gasteiger partial charge in [-0.15, -0.1) is 0 Å². The summed E-state index contributed by atoms with van der Waals surface area (Å²) in [5.41, 5.74) is 0. The molecular weight excluding hydrogens is 246 g/mol. The van der Waals surface area contributed by atoms with Crippen LogP contribution in [0.4, 0.5) is 0 Å². The zero-order chi connectivity index (χ0) is 14.8. The molecule has 1 rings (SSSR count). The van der Waals surface area contributed by atoms with Gasteiger partial charge in [0.05, 0.1) is 0 Å². The van der Waals surface area contributed by atoms with Gasteiger partial charge in [-0.1, -0.05) is 46.5 Å². The van der Waals surface area contributed by atoms with E-state index in [1.807, 2.05) is 7.11 Å². The first-order valence-electron chi connectivity index (χ1n) is 8.87. The van der Waals surface area contributed by atoms with Crippen LogP contribution in [0, 0.1) is 23.7 Å². The van der Waals surface area contributed by atoms with Crippen molar-refractivity contribution in [2.24, 2.45) is 23.7 Å². The molecular formula is C18H37NO. The largest absolute Gasteiger partial charge is 0.385 e. The molecule has 20 heavy (non-hydrogen) atoms. The fourth-order valence-corrected chi connectivity index (χ4v) is 3.63. The molecule has 1 saturated carbocycles. The van der Waals surface area contributed by atoms with Gasteiger partial charge in [0.2, 0.25) is 0 Å². The molecule has 1 aliphatic rings. The van der Waals surface area contributed by atoms with Crippen molar-refractivity contribution in [2.75, 3.05) is 26.8 Å². The van der Waals surface area contributed by atoms with E-state index in [9.17, 15) is 0 Å². The molecule has 0 amide bonds. The van der Waals surface area contributed by atoms with Gasteiger partial charge >= 0.3 is 0 Å². The molecule has 0 spiro atoms. The standard InChI is InChI=1S/C18H37NO/c1-5-16-9-10-18(14-19-13-15(2)3)17(12-16)8-6-7-11-20-4/h15-19H,5-14H2,1-4H3. The molecule has 3 unspecified atom stereocenters. The van der Waals surface area contributed by atoms with Crippen LogP contribution in [-0.4, -0.2) is 26.8 Å². The van der Waals surface area contributed by atoms with Crippen LogP contribution >= 0.6 is 0 Å². The molecule has 0 heterocycles. The van der Waals surface area contributed by atoms with E-state index in [2.05, 4.69) is 26.1 Å². The van der Waals surface area contributed by atoms with Crippen LogP contribution < -0.4 is 5.32 Å². The van der Waals surface area contributed by atoms with Gasteiger partial charge < -0.3 is 10.1 Å². The number of ether oxygens (including phenoxy) is 1. The molecule has 0 aromatic carbocycles. The summed E-state index contributed by atoms with van der Waals surface area (Å²) in [5, 5.41) is 3.69. The Morgan fingerprint density at radius 2 is 1.95 bits per heavy atom. The number of hydrogen-bond donors (Lipinski definition) is 1. The predicted molar refractivity (Wildman–Crippen MR) is 88.0 cm³/mol. The van der Waals surface area contributed by atoms with Gasteiger partial charge in [-0.05, 0) is 56.0 Å². The molecule has 2 nitrogen and oxygen atoms in total. The summed E-state index contributed by atoms with van der Waals surface area (Å²) in [6.07, 6.45) is 9.73. The molecule has 1 aliphatic carbocycles. The fraction of sp³-hybridized carbons (Fsp3) is 1.00. The summed E-state index contributed by atoms with van der Waals surface area (Å²) in [6, 6.07) is 0. The van der Waals surface area contributed by atoms with Gasteiger partial charge in [-0.25, -0.2) is 0 Å². The van der Waals surface area contributed by atoms with Gasteiger partial charge in [0, 0.05) is 13.7 Å².